The van der Waals surface area contributed by atoms with Crippen LogP contribution in [0.5, 0.6) is 0 Å². The quantitative estimate of drug-likeness (QED) is 0.164. The standard InChI is InChI=1S/C16H21Cl4NO/c17-15(18)11-7-3-1-5-9-14(21-13-22)10-6-2-4-8-12-16(19)20/h3,7,12-15H,1-2,5-6,9-11H2,(H,21,22)/b7-3+. The molecule has 0 fully saturated rings. The smallest absolute Gasteiger partial charge is 0.207 e. The first kappa shape index (κ1) is 21.7. The van der Waals surface area contributed by atoms with E-state index in [1.54, 1.807) is 0 Å². The van der Waals surface area contributed by atoms with Crippen molar-refractivity contribution in [3.05, 3.63) is 22.7 Å². The van der Waals surface area contributed by atoms with E-state index in [9.17, 15) is 4.79 Å². The summed E-state index contributed by atoms with van der Waals surface area (Å²) in [6.45, 7) is 0. The van der Waals surface area contributed by atoms with Crippen LogP contribution in [0.25, 0.3) is 0 Å². The normalized spacial score (nSPS) is 11.9. The molecule has 124 valence electrons. The zero-order valence-corrected chi connectivity index (χ0v) is 15.4. The van der Waals surface area contributed by atoms with Crippen molar-refractivity contribution in [2.24, 2.45) is 0 Å². The van der Waals surface area contributed by atoms with Gasteiger partial charge in [-0.3, -0.25) is 4.79 Å². The first-order valence-corrected chi connectivity index (χ1v) is 8.81. The molecule has 1 amide bonds. The Bertz CT molecular complexity index is 406. The first-order chi connectivity index (χ1) is 10.6. The van der Waals surface area contributed by atoms with Gasteiger partial charge < -0.3 is 5.32 Å². The maximum atomic E-state index is 10.6. The number of nitrogens with one attached hydrogen (secondary N) is 1. The molecule has 2 nitrogen and oxygen atoms in total. The van der Waals surface area contributed by atoms with Gasteiger partial charge in [0.1, 0.15) is 9.33 Å². The Morgan fingerprint density at radius 2 is 1.86 bits per heavy atom. The van der Waals surface area contributed by atoms with Crippen LogP contribution in [0.4, 0.5) is 0 Å². The van der Waals surface area contributed by atoms with Gasteiger partial charge in [0.05, 0.1) is 0 Å². The number of alkyl halides is 2. The topological polar surface area (TPSA) is 29.1 Å². The molecule has 1 N–H and O–H groups in total. The van der Waals surface area contributed by atoms with Crippen LogP contribution in [0.15, 0.2) is 22.7 Å². The van der Waals surface area contributed by atoms with E-state index in [2.05, 4.69) is 23.2 Å². The molecular weight excluding hydrogens is 364 g/mol. The SMILES string of the molecule is O=CNC(CCCC#CC=C(Cl)Cl)CCC/C=C/CC(Cl)Cl. The van der Waals surface area contributed by atoms with E-state index in [4.69, 9.17) is 46.4 Å². The molecule has 0 aliphatic carbocycles. The summed E-state index contributed by atoms with van der Waals surface area (Å²) in [5.74, 6) is 5.73. The molecule has 0 aliphatic heterocycles. The van der Waals surface area contributed by atoms with E-state index in [0.29, 0.717) is 6.42 Å². The van der Waals surface area contributed by atoms with E-state index >= 15 is 0 Å². The maximum absolute atomic E-state index is 10.6. The average molecular weight is 385 g/mol. The number of amides is 1. The van der Waals surface area contributed by atoms with Gasteiger partial charge in [0.2, 0.25) is 6.41 Å². The number of hydrogen-bond donors (Lipinski definition) is 1. The molecular formula is C16H21Cl4NO. The van der Waals surface area contributed by atoms with Crippen LogP contribution in [0.2, 0.25) is 0 Å². The van der Waals surface area contributed by atoms with Gasteiger partial charge in [0, 0.05) is 18.5 Å². The predicted molar refractivity (Wildman–Crippen MR) is 97.5 cm³/mol. The molecule has 1 unspecified atom stereocenters. The van der Waals surface area contributed by atoms with Crippen molar-refractivity contribution in [1.82, 2.24) is 5.32 Å². The van der Waals surface area contributed by atoms with E-state index < -0.39 is 0 Å². The molecule has 0 aliphatic rings. The van der Waals surface area contributed by atoms with Crippen LogP contribution in [0, 0.1) is 11.8 Å². The van der Waals surface area contributed by atoms with Crippen molar-refractivity contribution in [2.75, 3.05) is 0 Å². The van der Waals surface area contributed by atoms with Gasteiger partial charge in [-0.15, -0.1) is 23.2 Å². The highest BCUT2D eigenvalue weighted by Crippen LogP contribution is 2.11. The fraction of sp³-hybridized carbons (Fsp3) is 0.562. The van der Waals surface area contributed by atoms with Crippen molar-refractivity contribution < 1.29 is 4.79 Å². The summed E-state index contributed by atoms with van der Waals surface area (Å²) in [6.07, 6.45) is 12.4. The second-order valence-electron chi connectivity index (χ2n) is 4.66. The number of rotatable bonds is 11. The number of carbonyl (C=O) groups excluding carboxylic acids is 1. The molecule has 0 aromatic heterocycles. The minimum Gasteiger partial charge on any atom is -0.356 e. The molecule has 0 heterocycles. The highest BCUT2D eigenvalue weighted by Gasteiger charge is 2.05. The Hall–Kier alpha value is -0.330. The number of allylic oxidation sites excluding steroid dienone is 3. The van der Waals surface area contributed by atoms with Gasteiger partial charge in [-0.05, 0) is 38.5 Å². The summed E-state index contributed by atoms with van der Waals surface area (Å²) in [5.41, 5.74) is 0. The minimum atomic E-state index is -0.342. The van der Waals surface area contributed by atoms with Gasteiger partial charge in [0.25, 0.3) is 0 Å². The van der Waals surface area contributed by atoms with Crippen molar-refractivity contribution >= 4 is 52.8 Å². The average Bonchev–Trinajstić information content (AvgIpc) is 2.45. The van der Waals surface area contributed by atoms with Gasteiger partial charge in [-0.2, -0.15) is 0 Å². The summed E-state index contributed by atoms with van der Waals surface area (Å²) in [5, 5.41) is 2.85. The molecule has 0 rings (SSSR count). The third-order valence-corrected chi connectivity index (χ3v) is 3.42. The van der Waals surface area contributed by atoms with Crippen molar-refractivity contribution in [3.8, 4) is 11.8 Å². The lowest BCUT2D eigenvalue weighted by Crippen LogP contribution is -2.27. The summed E-state index contributed by atoms with van der Waals surface area (Å²) >= 11 is 22.2. The molecule has 0 aromatic carbocycles. The predicted octanol–water partition coefficient (Wildman–Crippen LogP) is 5.51. The summed E-state index contributed by atoms with van der Waals surface area (Å²) in [7, 11) is 0. The minimum absolute atomic E-state index is 0.163. The lowest BCUT2D eigenvalue weighted by atomic mass is 10.0. The number of hydrogen-bond acceptors (Lipinski definition) is 1. The molecule has 0 spiro atoms. The third kappa shape index (κ3) is 16.0. The Balaban J connectivity index is 3.85. The van der Waals surface area contributed by atoms with Gasteiger partial charge in [0.15, 0.2) is 0 Å². The molecule has 1 atom stereocenters. The molecule has 0 radical (unpaired) electrons. The molecule has 0 bridgehead atoms. The summed E-state index contributed by atoms with van der Waals surface area (Å²) in [6, 6.07) is 0.189. The Morgan fingerprint density at radius 1 is 1.14 bits per heavy atom. The van der Waals surface area contributed by atoms with Crippen molar-refractivity contribution in [2.45, 2.75) is 55.8 Å². The maximum Gasteiger partial charge on any atom is 0.207 e. The molecule has 6 heteroatoms. The third-order valence-electron chi connectivity index (χ3n) is 2.85. The second-order valence-corrected chi connectivity index (χ2v) is 6.94. The lowest BCUT2D eigenvalue weighted by molar-refractivity contribution is -0.110. The van der Waals surface area contributed by atoms with Crippen LogP contribution in [-0.2, 0) is 4.79 Å². The fourth-order valence-corrected chi connectivity index (χ4v) is 2.14. The fourth-order valence-electron chi connectivity index (χ4n) is 1.82. The van der Waals surface area contributed by atoms with E-state index in [0.717, 1.165) is 44.9 Å². The van der Waals surface area contributed by atoms with E-state index in [1.165, 1.54) is 6.08 Å². The van der Waals surface area contributed by atoms with Crippen molar-refractivity contribution in [1.29, 1.82) is 0 Å². The molecule has 0 saturated carbocycles. The highest BCUT2D eigenvalue weighted by molar-refractivity contribution is 6.56. The van der Waals surface area contributed by atoms with Crippen LogP contribution in [0.1, 0.15) is 44.9 Å². The summed E-state index contributed by atoms with van der Waals surface area (Å²) in [4.78, 5) is 10.3. The van der Waals surface area contributed by atoms with Crippen LogP contribution in [-0.4, -0.2) is 17.3 Å². The largest absolute Gasteiger partial charge is 0.356 e. The van der Waals surface area contributed by atoms with E-state index in [1.807, 2.05) is 6.08 Å². The second kappa shape index (κ2) is 15.6. The number of carbonyl (C=O) groups is 1. The Kier molecular flexibility index (Phi) is 15.3. The first-order valence-electron chi connectivity index (χ1n) is 7.18. The Labute approximate surface area is 153 Å². The zero-order valence-electron chi connectivity index (χ0n) is 12.3. The van der Waals surface area contributed by atoms with E-state index in [-0.39, 0.29) is 15.4 Å². The lowest BCUT2D eigenvalue weighted by Gasteiger charge is -2.14. The summed E-state index contributed by atoms with van der Waals surface area (Å²) < 4.78 is 0.163. The number of unbranched alkanes of at least 4 members (excludes halogenated alkanes) is 2. The van der Waals surface area contributed by atoms with Gasteiger partial charge >= 0.3 is 0 Å². The van der Waals surface area contributed by atoms with Crippen LogP contribution < -0.4 is 5.32 Å². The zero-order chi connectivity index (χ0) is 16.6. The monoisotopic (exact) mass is 383 g/mol. The Morgan fingerprint density at radius 3 is 2.50 bits per heavy atom. The van der Waals surface area contributed by atoms with Gasteiger partial charge in [-0.1, -0.05) is 47.2 Å². The highest BCUT2D eigenvalue weighted by atomic mass is 35.5. The number of halogens is 4. The van der Waals surface area contributed by atoms with Crippen LogP contribution in [0.3, 0.4) is 0 Å². The van der Waals surface area contributed by atoms with Crippen LogP contribution >= 0.6 is 46.4 Å². The molecule has 0 aromatic rings. The molecule has 22 heavy (non-hydrogen) atoms. The molecule has 0 saturated heterocycles. The van der Waals surface area contributed by atoms with Gasteiger partial charge in [-0.25, -0.2) is 0 Å². The van der Waals surface area contributed by atoms with Crippen molar-refractivity contribution in [3.63, 3.8) is 0 Å².